The Labute approximate surface area is 90.3 Å². The quantitative estimate of drug-likeness (QED) is 0.742. The van der Waals surface area contributed by atoms with Gasteiger partial charge in [-0.15, -0.1) is 0 Å². The van der Waals surface area contributed by atoms with Crippen molar-refractivity contribution in [2.45, 2.75) is 19.8 Å². The van der Waals surface area contributed by atoms with Crippen LogP contribution in [-0.2, 0) is 7.05 Å². The fourth-order valence-corrected chi connectivity index (χ4v) is 1.93. The lowest BCUT2D eigenvalue weighted by Gasteiger charge is -2.00. The molecule has 0 atom stereocenters. The van der Waals surface area contributed by atoms with Gasteiger partial charge in [0.25, 0.3) is 0 Å². The van der Waals surface area contributed by atoms with Crippen molar-refractivity contribution < 1.29 is 0 Å². The first kappa shape index (κ1) is 9.97. The number of hydrogen-bond donors (Lipinski definition) is 0. The summed E-state index contributed by atoms with van der Waals surface area (Å²) in [6.45, 7) is 6.31. The predicted molar refractivity (Wildman–Crippen MR) is 64.7 cm³/mol. The van der Waals surface area contributed by atoms with Crippen LogP contribution < -0.4 is 0 Å². The van der Waals surface area contributed by atoms with Crippen molar-refractivity contribution >= 4 is 16.6 Å². The van der Waals surface area contributed by atoms with E-state index in [0.717, 1.165) is 18.5 Å². The zero-order valence-electron chi connectivity index (χ0n) is 9.33. The second-order valence-corrected chi connectivity index (χ2v) is 3.88. The van der Waals surface area contributed by atoms with Crippen molar-refractivity contribution in [1.82, 2.24) is 9.55 Å². The molecule has 0 saturated heterocycles. The monoisotopic (exact) mass is 200 g/mol. The van der Waals surface area contributed by atoms with Gasteiger partial charge < -0.3 is 4.57 Å². The summed E-state index contributed by atoms with van der Waals surface area (Å²) in [5, 5.41) is 1.21. The minimum absolute atomic E-state index is 1.03. The summed E-state index contributed by atoms with van der Waals surface area (Å²) >= 11 is 0. The number of hydrogen-bond acceptors (Lipinski definition) is 1. The Bertz CT molecular complexity index is 494. The number of allylic oxidation sites excluding steroid dienone is 1. The topological polar surface area (TPSA) is 17.8 Å². The van der Waals surface area contributed by atoms with Crippen LogP contribution >= 0.6 is 0 Å². The van der Waals surface area contributed by atoms with E-state index in [4.69, 9.17) is 0 Å². The lowest BCUT2D eigenvalue weighted by molar-refractivity contribution is 0.941. The van der Waals surface area contributed by atoms with Gasteiger partial charge in [0.15, 0.2) is 0 Å². The molecule has 2 aromatic heterocycles. The van der Waals surface area contributed by atoms with Crippen LogP contribution in [0.5, 0.6) is 0 Å². The number of fused-ring (bicyclic) bond motifs is 1. The Balaban J connectivity index is 2.57. The molecular formula is C13H16N2. The van der Waals surface area contributed by atoms with E-state index in [1.54, 1.807) is 0 Å². The third kappa shape index (κ3) is 1.67. The van der Waals surface area contributed by atoms with Gasteiger partial charge in [0.1, 0.15) is 5.65 Å². The highest BCUT2D eigenvalue weighted by molar-refractivity contribution is 5.90. The molecule has 2 aromatic rings. The lowest BCUT2D eigenvalue weighted by Crippen LogP contribution is -1.85. The van der Waals surface area contributed by atoms with Gasteiger partial charge in [0, 0.05) is 30.4 Å². The molecule has 0 aliphatic heterocycles. The van der Waals surface area contributed by atoms with Crippen molar-refractivity contribution in [3.8, 4) is 0 Å². The van der Waals surface area contributed by atoms with Gasteiger partial charge in [-0.25, -0.2) is 4.98 Å². The van der Waals surface area contributed by atoms with Crippen molar-refractivity contribution in [3.63, 3.8) is 0 Å². The molecule has 2 heterocycles. The van der Waals surface area contributed by atoms with Gasteiger partial charge in [0.05, 0.1) is 0 Å². The first-order chi connectivity index (χ1) is 7.24. The molecule has 0 unspecified atom stereocenters. The molecule has 0 spiro atoms. The predicted octanol–water partition coefficient (Wildman–Crippen LogP) is 3.39. The summed E-state index contributed by atoms with van der Waals surface area (Å²) in [5.41, 5.74) is 3.48. The molecule has 0 aliphatic rings. The van der Waals surface area contributed by atoms with E-state index in [1.807, 2.05) is 19.3 Å². The van der Waals surface area contributed by atoms with Crippen LogP contribution in [0.2, 0.25) is 0 Å². The van der Waals surface area contributed by atoms with E-state index in [2.05, 4.69) is 35.3 Å². The number of rotatable bonds is 3. The zero-order valence-corrected chi connectivity index (χ0v) is 9.33. The number of pyridine rings is 1. The highest BCUT2D eigenvalue weighted by atomic mass is 15.0. The molecule has 0 radical (unpaired) electrons. The van der Waals surface area contributed by atoms with Crippen LogP contribution in [0.4, 0.5) is 0 Å². The minimum atomic E-state index is 1.03. The summed E-state index contributed by atoms with van der Waals surface area (Å²) in [4.78, 5) is 4.37. The molecule has 0 bridgehead atoms. The molecule has 0 N–H and O–H groups in total. The molecule has 0 aliphatic carbocycles. The van der Waals surface area contributed by atoms with E-state index in [9.17, 15) is 0 Å². The molecule has 0 aromatic carbocycles. The van der Waals surface area contributed by atoms with Gasteiger partial charge >= 0.3 is 0 Å². The maximum absolute atomic E-state index is 4.37. The summed E-state index contributed by atoms with van der Waals surface area (Å²) in [7, 11) is 2.03. The lowest BCUT2D eigenvalue weighted by atomic mass is 10.0. The maximum atomic E-state index is 4.37. The van der Waals surface area contributed by atoms with Crippen LogP contribution in [0.15, 0.2) is 31.1 Å². The van der Waals surface area contributed by atoms with Gasteiger partial charge in [-0.05, 0) is 24.1 Å². The summed E-state index contributed by atoms with van der Waals surface area (Å²) in [6, 6.07) is 4.09. The molecule has 0 amide bonds. The number of aryl methyl sites for hydroxylation is 1. The average Bonchev–Trinajstić information content (AvgIpc) is 2.58. The van der Waals surface area contributed by atoms with Crippen molar-refractivity contribution in [2.24, 2.45) is 7.05 Å². The first-order valence-electron chi connectivity index (χ1n) is 5.32. The molecule has 78 valence electrons. The zero-order chi connectivity index (χ0) is 10.8. The Morgan fingerprint density at radius 2 is 2.33 bits per heavy atom. The first-order valence-corrected chi connectivity index (χ1v) is 5.32. The summed E-state index contributed by atoms with van der Waals surface area (Å²) < 4.78 is 2.06. The summed E-state index contributed by atoms with van der Waals surface area (Å²) in [6.07, 6.45) is 6.13. The molecular weight excluding hydrogens is 184 g/mol. The van der Waals surface area contributed by atoms with Crippen LogP contribution in [0.25, 0.3) is 16.6 Å². The Hall–Kier alpha value is -1.57. The number of aromatic nitrogens is 2. The van der Waals surface area contributed by atoms with E-state index < -0.39 is 0 Å². The maximum Gasteiger partial charge on any atom is 0.140 e. The fraction of sp³-hybridized carbons (Fsp3) is 0.308. The molecule has 0 saturated carbocycles. The van der Waals surface area contributed by atoms with Crippen molar-refractivity contribution in [2.75, 3.05) is 0 Å². The standard InChI is InChI=1S/C13H16N2/c1-4-6-10(2)12-9-15(3)13-11(12)7-5-8-14-13/h5,7-9H,2,4,6H2,1,3H3. The van der Waals surface area contributed by atoms with E-state index in [1.165, 1.54) is 16.5 Å². The Kier molecular flexibility index (Phi) is 2.58. The highest BCUT2D eigenvalue weighted by Crippen LogP contribution is 2.26. The minimum Gasteiger partial charge on any atom is -0.335 e. The van der Waals surface area contributed by atoms with Crippen LogP contribution in [0.1, 0.15) is 25.3 Å². The molecule has 2 nitrogen and oxygen atoms in total. The van der Waals surface area contributed by atoms with E-state index >= 15 is 0 Å². The Morgan fingerprint density at radius 3 is 3.07 bits per heavy atom. The molecule has 2 heteroatoms. The summed E-state index contributed by atoms with van der Waals surface area (Å²) in [5.74, 6) is 0. The average molecular weight is 200 g/mol. The van der Waals surface area contributed by atoms with E-state index in [-0.39, 0.29) is 0 Å². The fourth-order valence-electron chi connectivity index (χ4n) is 1.93. The van der Waals surface area contributed by atoms with Gasteiger partial charge in [0.2, 0.25) is 0 Å². The molecule has 15 heavy (non-hydrogen) atoms. The third-order valence-corrected chi connectivity index (χ3v) is 2.67. The van der Waals surface area contributed by atoms with Gasteiger partial charge in [-0.1, -0.05) is 19.9 Å². The van der Waals surface area contributed by atoms with Gasteiger partial charge in [-0.3, -0.25) is 0 Å². The van der Waals surface area contributed by atoms with Crippen LogP contribution in [0, 0.1) is 0 Å². The second-order valence-electron chi connectivity index (χ2n) is 3.88. The number of nitrogens with zero attached hydrogens (tertiary/aromatic N) is 2. The highest BCUT2D eigenvalue weighted by Gasteiger charge is 2.08. The second kappa shape index (κ2) is 3.89. The van der Waals surface area contributed by atoms with Gasteiger partial charge in [-0.2, -0.15) is 0 Å². The molecule has 0 fully saturated rings. The SMILES string of the molecule is C=C(CCC)c1cn(C)c2ncccc12. The Morgan fingerprint density at radius 1 is 1.53 bits per heavy atom. The van der Waals surface area contributed by atoms with Crippen molar-refractivity contribution in [3.05, 3.63) is 36.7 Å². The van der Waals surface area contributed by atoms with Crippen LogP contribution in [0.3, 0.4) is 0 Å². The smallest absolute Gasteiger partial charge is 0.140 e. The third-order valence-electron chi connectivity index (χ3n) is 2.67. The van der Waals surface area contributed by atoms with E-state index in [0.29, 0.717) is 0 Å². The van der Waals surface area contributed by atoms with Crippen molar-refractivity contribution in [1.29, 1.82) is 0 Å². The largest absolute Gasteiger partial charge is 0.335 e. The van der Waals surface area contributed by atoms with Crippen LogP contribution in [-0.4, -0.2) is 9.55 Å². The molecule has 2 rings (SSSR count). The normalized spacial score (nSPS) is 10.8.